The predicted octanol–water partition coefficient (Wildman–Crippen LogP) is 2.55. The number of nitrogens with zero attached hydrogens (tertiary/aromatic N) is 3. The van der Waals surface area contributed by atoms with E-state index in [1.807, 2.05) is 38.5 Å². The first-order valence-electron chi connectivity index (χ1n) is 9.09. The molecule has 0 saturated carbocycles. The number of amides is 1. The zero-order valence-electron chi connectivity index (χ0n) is 15.8. The van der Waals surface area contributed by atoms with Gasteiger partial charge in [-0.05, 0) is 23.8 Å². The Morgan fingerprint density at radius 2 is 2.11 bits per heavy atom. The molecule has 3 aromatic rings. The zero-order valence-corrected chi connectivity index (χ0v) is 15.8. The Labute approximate surface area is 163 Å². The molecule has 1 aliphatic heterocycles. The van der Waals surface area contributed by atoms with Crippen LogP contribution in [0.3, 0.4) is 0 Å². The number of ether oxygens (including phenoxy) is 1. The molecule has 2 aromatic carbocycles. The monoisotopic (exact) mass is 378 g/mol. The zero-order chi connectivity index (χ0) is 19.7. The normalized spacial score (nSPS) is 13.0. The quantitative estimate of drug-likeness (QED) is 0.729. The number of phenolic OH excluding ortho intramolecular Hbond substituents is 1. The van der Waals surface area contributed by atoms with Gasteiger partial charge >= 0.3 is 0 Å². The van der Waals surface area contributed by atoms with E-state index in [-0.39, 0.29) is 11.7 Å². The molecule has 0 saturated heterocycles. The molecule has 1 amide bonds. The Morgan fingerprint density at radius 1 is 1.29 bits per heavy atom. The highest BCUT2D eigenvalue weighted by molar-refractivity contribution is 6.01. The number of carbonyl (C=O) groups excluding carboxylic acids is 1. The number of hydrogen-bond donors (Lipinski definition) is 2. The maximum atomic E-state index is 13.0. The molecule has 1 aromatic heterocycles. The van der Waals surface area contributed by atoms with Crippen LogP contribution < -0.4 is 15.0 Å². The SMILES string of the molecule is CN1CCOc2c(C(=O)NCc3cnn(C)c3)cc(-c3ccccc3O)cc21. The second-order valence-electron chi connectivity index (χ2n) is 6.86. The van der Waals surface area contributed by atoms with E-state index in [0.29, 0.717) is 30.0 Å². The highest BCUT2D eigenvalue weighted by Crippen LogP contribution is 2.40. The number of rotatable bonds is 4. The van der Waals surface area contributed by atoms with E-state index in [1.165, 1.54) is 0 Å². The van der Waals surface area contributed by atoms with Gasteiger partial charge in [0.25, 0.3) is 5.91 Å². The molecule has 1 aliphatic rings. The number of phenols is 1. The summed E-state index contributed by atoms with van der Waals surface area (Å²) in [5.41, 5.74) is 3.63. The highest BCUT2D eigenvalue weighted by Gasteiger charge is 2.24. The number of likely N-dealkylation sites (N-methyl/N-ethyl adjacent to an activating group) is 1. The number of aromatic hydroxyl groups is 1. The summed E-state index contributed by atoms with van der Waals surface area (Å²) in [6.07, 6.45) is 3.58. The van der Waals surface area contributed by atoms with Crippen LogP contribution in [-0.4, -0.2) is 41.0 Å². The van der Waals surface area contributed by atoms with E-state index < -0.39 is 0 Å². The molecule has 0 atom stereocenters. The maximum Gasteiger partial charge on any atom is 0.255 e. The number of anilines is 1. The van der Waals surface area contributed by atoms with E-state index in [1.54, 1.807) is 29.1 Å². The molecule has 4 rings (SSSR count). The van der Waals surface area contributed by atoms with Crippen molar-refractivity contribution < 1.29 is 14.6 Å². The van der Waals surface area contributed by atoms with Gasteiger partial charge in [-0.15, -0.1) is 0 Å². The molecular weight excluding hydrogens is 356 g/mol. The number of aryl methyl sites for hydroxylation is 1. The lowest BCUT2D eigenvalue weighted by atomic mass is 9.99. The Hall–Kier alpha value is -3.48. The summed E-state index contributed by atoms with van der Waals surface area (Å²) in [4.78, 5) is 15.0. The third-order valence-electron chi connectivity index (χ3n) is 4.82. The number of fused-ring (bicyclic) bond motifs is 1. The van der Waals surface area contributed by atoms with Gasteiger partial charge < -0.3 is 20.1 Å². The van der Waals surface area contributed by atoms with Crippen LogP contribution in [0, 0.1) is 0 Å². The smallest absolute Gasteiger partial charge is 0.255 e. The van der Waals surface area contributed by atoms with E-state index in [4.69, 9.17) is 4.74 Å². The number of carbonyl (C=O) groups is 1. The fourth-order valence-corrected chi connectivity index (χ4v) is 3.34. The molecule has 28 heavy (non-hydrogen) atoms. The van der Waals surface area contributed by atoms with Crippen LogP contribution >= 0.6 is 0 Å². The van der Waals surface area contributed by atoms with Crippen molar-refractivity contribution in [1.29, 1.82) is 0 Å². The van der Waals surface area contributed by atoms with Gasteiger partial charge in [0.15, 0.2) is 5.75 Å². The molecule has 7 nitrogen and oxygen atoms in total. The molecule has 2 heterocycles. The van der Waals surface area contributed by atoms with Crippen LogP contribution in [0.5, 0.6) is 11.5 Å². The van der Waals surface area contributed by atoms with Crippen molar-refractivity contribution in [2.75, 3.05) is 25.1 Å². The van der Waals surface area contributed by atoms with Crippen LogP contribution in [0.15, 0.2) is 48.8 Å². The van der Waals surface area contributed by atoms with Gasteiger partial charge in [0.05, 0.1) is 24.0 Å². The third-order valence-corrected chi connectivity index (χ3v) is 4.82. The Balaban J connectivity index is 1.72. The fourth-order valence-electron chi connectivity index (χ4n) is 3.34. The number of aromatic nitrogens is 2. The van der Waals surface area contributed by atoms with Crippen molar-refractivity contribution in [2.24, 2.45) is 7.05 Å². The molecule has 0 fully saturated rings. The summed E-state index contributed by atoms with van der Waals surface area (Å²) >= 11 is 0. The number of benzene rings is 2. The van der Waals surface area contributed by atoms with Crippen molar-refractivity contribution in [3.8, 4) is 22.6 Å². The first-order valence-corrected chi connectivity index (χ1v) is 9.09. The van der Waals surface area contributed by atoms with Crippen molar-refractivity contribution in [3.63, 3.8) is 0 Å². The summed E-state index contributed by atoms with van der Waals surface area (Å²) in [7, 11) is 3.80. The minimum Gasteiger partial charge on any atom is -0.507 e. The van der Waals surface area contributed by atoms with Crippen molar-refractivity contribution >= 4 is 11.6 Å². The van der Waals surface area contributed by atoms with Gasteiger partial charge in [0, 0.05) is 38.0 Å². The topological polar surface area (TPSA) is 79.6 Å². The Morgan fingerprint density at radius 3 is 2.86 bits per heavy atom. The van der Waals surface area contributed by atoms with E-state index in [9.17, 15) is 9.90 Å². The molecule has 0 bridgehead atoms. The second-order valence-corrected chi connectivity index (χ2v) is 6.86. The van der Waals surface area contributed by atoms with E-state index >= 15 is 0 Å². The Kier molecular flexibility index (Phi) is 4.65. The average Bonchev–Trinajstić information content (AvgIpc) is 3.11. The maximum absolute atomic E-state index is 13.0. The van der Waals surface area contributed by atoms with Gasteiger partial charge in [-0.3, -0.25) is 9.48 Å². The van der Waals surface area contributed by atoms with Crippen LogP contribution in [0.25, 0.3) is 11.1 Å². The van der Waals surface area contributed by atoms with E-state index in [0.717, 1.165) is 23.4 Å². The average molecular weight is 378 g/mol. The molecule has 144 valence electrons. The number of nitrogens with one attached hydrogen (secondary N) is 1. The highest BCUT2D eigenvalue weighted by atomic mass is 16.5. The number of hydrogen-bond acceptors (Lipinski definition) is 5. The van der Waals surface area contributed by atoms with Gasteiger partial charge in [-0.1, -0.05) is 18.2 Å². The molecule has 7 heteroatoms. The van der Waals surface area contributed by atoms with Crippen molar-refractivity contribution in [2.45, 2.75) is 6.54 Å². The lowest BCUT2D eigenvalue weighted by Gasteiger charge is -2.30. The molecule has 0 unspecified atom stereocenters. The minimum atomic E-state index is -0.229. The molecule has 0 radical (unpaired) electrons. The molecule has 0 aliphatic carbocycles. The lowest BCUT2D eigenvalue weighted by Crippen LogP contribution is -2.31. The van der Waals surface area contributed by atoms with E-state index in [2.05, 4.69) is 15.3 Å². The molecule has 0 spiro atoms. The summed E-state index contributed by atoms with van der Waals surface area (Å²) in [5.74, 6) is 0.507. The van der Waals surface area contributed by atoms with Gasteiger partial charge in [-0.25, -0.2) is 0 Å². The van der Waals surface area contributed by atoms with Crippen LogP contribution in [-0.2, 0) is 13.6 Å². The first kappa shape index (κ1) is 17.9. The lowest BCUT2D eigenvalue weighted by molar-refractivity contribution is 0.0946. The third kappa shape index (κ3) is 3.38. The standard InChI is InChI=1S/C21H22N4O3/c1-24-7-8-28-20-17(21(27)22-11-14-12-23-25(2)13-14)9-15(10-18(20)24)16-5-3-4-6-19(16)26/h3-6,9-10,12-13,26H,7-8,11H2,1-2H3,(H,22,27). The number of para-hydroxylation sites is 1. The summed E-state index contributed by atoms with van der Waals surface area (Å²) in [6.45, 7) is 1.62. The Bertz CT molecular complexity index is 1030. The summed E-state index contributed by atoms with van der Waals surface area (Å²) in [5, 5.41) is 17.3. The van der Waals surface area contributed by atoms with Crippen LogP contribution in [0.1, 0.15) is 15.9 Å². The van der Waals surface area contributed by atoms with Crippen LogP contribution in [0.2, 0.25) is 0 Å². The van der Waals surface area contributed by atoms with Gasteiger partial charge in [-0.2, -0.15) is 5.10 Å². The predicted molar refractivity (Wildman–Crippen MR) is 107 cm³/mol. The first-order chi connectivity index (χ1) is 13.5. The fraction of sp³-hybridized carbons (Fsp3) is 0.238. The summed E-state index contributed by atoms with van der Waals surface area (Å²) < 4.78 is 7.54. The molecule has 2 N–H and O–H groups in total. The second kappa shape index (κ2) is 7.26. The van der Waals surface area contributed by atoms with Gasteiger partial charge in [0.2, 0.25) is 0 Å². The summed E-state index contributed by atoms with van der Waals surface area (Å²) in [6, 6.07) is 10.8. The van der Waals surface area contributed by atoms with Crippen LogP contribution in [0.4, 0.5) is 5.69 Å². The minimum absolute atomic E-state index is 0.170. The molecular formula is C21H22N4O3. The van der Waals surface area contributed by atoms with Gasteiger partial charge in [0.1, 0.15) is 12.4 Å². The van der Waals surface area contributed by atoms with Crippen molar-refractivity contribution in [3.05, 3.63) is 59.9 Å². The van der Waals surface area contributed by atoms with Crippen molar-refractivity contribution in [1.82, 2.24) is 15.1 Å². The largest absolute Gasteiger partial charge is 0.507 e.